The van der Waals surface area contributed by atoms with Crippen molar-refractivity contribution in [1.82, 2.24) is 69.8 Å². The Bertz CT molecular complexity index is 3110. The molecule has 0 amide bonds. The van der Waals surface area contributed by atoms with E-state index in [0.717, 1.165) is 109 Å². The van der Waals surface area contributed by atoms with Gasteiger partial charge in [0.1, 0.15) is 52.8 Å². The van der Waals surface area contributed by atoms with Crippen LogP contribution in [0.4, 0.5) is 0 Å². The Morgan fingerprint density at radius 2 is 0.663 bits per heavy atom. The van der Waals surface area contributed by atoms with Crippen LogP contribution < -0.4 is 0 Å². The fraction of sp³-hybridized carbons (Fsp3) is 0.443. The lowest BCUT2D eigenvalue weighted by atomic mass is 10.1. The molecule has 0 unspecified atom stereocenters. The van der Waals surface area contributed by atoms with Crippen molar-refractivity contribution in [3.8, 4) is 0 Å². The zero-order chi connectivity index (χ0) is 74.4. The number of furan rings is 1. The first-order valence-corrected chi connectivity index (χ1v) is 34.6. The minimum absolute atomic E-state index is 0.792. The Hall–Kier alpha value is -8.50. The Labute approximate surface area is 582 Å². The topological polar surface area (TPSA) is 194 Å². The Morgan fingerprint density at radius 1 is 0.284 bits per heavy atom. The number of hydrogen-bond donors (Lipinski definition) is 0. The molecule has 0 bridgehead atoms. The Morgan fingerprint density at radius 3 is 0.979 bits per heavy atom. The third kappa shape index (κ3) is 51.6. The van der Waals surface area contributed by atoms with Crippen LogP contribution in [0.2, 0.25) is 0 Å². The second-order valence-electron chi connectivity index (χ2n) is 18.3. The van der Waals surface area contributed by atoms with Crippen LogP contribution in [0.15, 0.2) is 133 Å². The lowest BCUT2D eigenvalue weighted by Crippen LogP contribution is -1.97. The highest BCUT2D eigenvalue weighted by molar-refractivity contribution is 7.11. The average molecular weight is 1320 g/mol. The zero-order valence-electron chi connectivity index (χ0n) is 65.7. The molecular weight excluding hydrogens is 1190 g/mol. The molecule has 16 heteroatoms. The Balaban J connectivity index is -0.000000229. The van der Waals surface area contributed by atoms with Crippen molar-refractivity contribution in [1.29, 1.82) is 0 Å². The van der Waals surface area contributed by atoms with Gasteiger partial charge in [0, 0.05) is 85.2 Å². The van der Waals surface area contributed by atoms with Crippen LogP contribution in [0.1, 0.15) is 218 Å². The monoisotopic (exact) mass is 1320 g/mol. The molecule has 0 radical (unpaired) electrons. The van der Waals surface area contributed by atoms with Gasteiger partial charge in [0.2, 0.25) is 0 Å². The standard InChI is InChI=1S/C11H11N.C10H10N2.C6H9N3.4C6H8N2.C6H8O.C6H8S.8C2H6/c1-8-7-10-5-3-4-6-11(10)9(2)12-8;1-7-9-5-3-4-6-10(9)12-8(2)11-7;1-4-7-5(2)9-6(3)8-4;1-5-3-7-4-6(2)8-5;1-5-3-6(2)8-4-7-5;2*1-5-3-4-7-6(2)8-5;2*1-5-3-4-6(2)7-5;8*1-2/h3-7H,1-2H3;3-6H,1-2H3;1-3H3;4*3-4H,1-2H3;2*3-4H,1-2H3;8*1-2H3. The molecule has 0 atom stereocenters. The van der Waals surface area contributed by atoms with Gasteiger partial charge in [-0.05, 0) is 192 Å². The van der Waals surface area contributed by atoms with E-state index < -0.39 is 0 Å². The van der Waals surface area contributed by atoms with Gasteiger partial charge in [0.05, 0.1) is 16.9 Å². The fourth-order valence-electron chi connectivity index (χ4n) is 7.13. The summed E-state index contributed by atoms with van der Waals surface area (Å²) in [7, 11) is 0. The highest BCUT2D eigenvalue weighted by atomic mass is 32.1. The van der Waals surface area contributed by atoms with Crippen molar-refractivity contribution in [2.45, 2.75) is 242 Å². The second kappa shape index (κ2) is 64.2. The highest BCUT2D eigenvalue weighted by Crippen LogP contribution is 2.17. The largest absolute Gasteiger partial charge is 0.467 e. The molecule has 524 valence electrons. The highest BCUT2D eigenvalue weighted by Gasteiger charge is 2.00. The van der Waals surface area contributed by atoms with Gasteiger partial charge in [-0.1, -0.05) is 153 Å². The summed E-state index contributed by atoms with van der Waals surface area (Å²) in [6.45, 7) is 69.2. The molecule has 0 aliphatic rings. The lowest BCUT2D eigenvalue weighted by Gasteiger charge is -2.01. The molecule has 11 aromatic rings. The van der Waals surface area contributed by atoms with E-state index >= 15 is 0 Å². The summed E-state index contributed by atoms with van der Waals surface area (Å²) in [4.78, 5) is 59.7. The number of para-hydroxylation sites is 1. The zero-order valence-corrected chi connectivity index (χ0v) is 66.5. The molecule has 0 aliphatic heterocycles. The smallest absolute Gasteiger partial charge is 0.129 e. The third-order valence-electron chi connectivity index (χ3n) is 10.3. The number of fused-ring (bicyclic) bond motifs is 2. The summed E-state index contributed by atoms with van der Waals surface area (Å²) >= 11 is 1.84. The molecule has 15 nitrogen and oxygen atoms in total. The minimum atomic E-state index is 0.792. The van der Waals surface area contributed by atoms with E-state index in [-0.39, 0.29) is 0 Å². The predicted octanol–water partition coefficient (Wildman–Crippen LogP) is 22.7. The van der Waals surface area contributed by atoms with Crippen molar-refractivity contribution in [2.24, 2.45) is 0 Å². The van der Waals surface area contributed by atoms with Crippen molar-refractivity contribution in [3.63, 3.8) is 0 Å². The molecule has 0 N–H and O–H groups in total. The first-order chi connectivity index (χ1) is 45.4. The van der Waals surface area contributed by atoms with Crippen molar-refractivity contribution < 1.29 is 4.42 Å². The number of hydrogen-bond acceptors (Lipinski definition) is 16. The van der Waals surface area contributed by atoms with E-state index in [1.54, 1.807) is 31.1 Å². The molecule has 9 heterocycles. The van der Waals surface area contributed by atoms with Crippen molar-refractivity contribution in [2.75, 3.05) is 0 Å². The predicted molar refractivity (Wildman–Crippen MR) is 413 cm³/mol. The number of aromatic nitrogens is 14. The molecule has 0 aliphatic carbocycles. The van der Waals surface area contributed by atoms with Gasteiger partial charge in [-0.15, -0.1) is 11.3 Å². The maximum absolute atomic E-state index is 5.08. The summed E-state index contributed by atoms with van der Waals surface area (Å²) in [6.07, 6.45) is 8.58. The molecule has 2 aromatic carbocycles. The molecule has 9 aromatic heterocycles. The molecule has 95 heavy (non-hydrogen) atoms. The van der Waals surface area contributed by atoms with E-state index in [4.69, 9.17) is 4.42 Å². The number of aryl methyl sites for hydroxylation is 19. The lowest BCUT2D eigenvalue weighted by molar-refractivity contribution is 0.504. The third-order valence-corrected chi connectivity index (χ3v) is 11.2. The summed E-state index contributed by atoms with van der Waals surface area (Å²) in [5, 5.41) is 3.67. The molecule has 11 rings (SSSR count). The van der Waals surface area contributed by atoms with Gasteiger partial charge in [-0.2, -0.15) is 0 Å². The summed E-state index contributed by atoms with van der Waals surface area (Å²) in [5.74, 6) is 6.86. The quantitative estimate of drug-likeness (QED) is 0.139. The normalized spacial score (nSPS) is 8.58. The van der Waals surface area contributed by atoms with Crippen LogP contribution in [0.3, 0.4) is 0 Å². The van der Waals surface area contributed by atoms with Gasteiger partial charge < -0.3 is 4.42 Å². The van der Waals surface area contributed by atoms with Gasteiger partial charge in [-0.25, -0.2) is 54.8 Å². The van der Waals surface area contributed by atoms with E-state index in [1.807, 2.05) is 294 Å². The van der Waals surface area contributed by atoms with Gasteiger partial charge in [0.15, 0.2) is 0 Å². The average Bonchev–Trinajstić information content (AvgIpc) is 1.06. The molecule has 0 spiro atoms. The van der Waals surface area contributed by atoms with Crippen LogP contribution >= 0.6 is 11.3 Å². The second-order valence-corrected chi connectivity index (χ2v) is 19.8. The summed E-state index contributed by atoms with van der Waals surface area (Å²) < 4.78 is 5.08. The summed E-state index contributed by atoms with van der Waals surface area (Å²) in [5.41, 5.74) is 10.3. The van der Waals surface area contributed by atoms with E-state index in [0.29, 0.717) is 0 Å². The Kier molecular flexibility index (Phi) is 66.0. The van der Waals surface area contributed by atoms with Crippen LogP contribution in [-0.2, 0) is 0 Å². The van der Waals surface area contributed by atoms with E-state index in [2.05, 4.69) is 127 Å². The molecule has 0 saturated heterocycles. The number of rotatable bonds is 0. The maximum Gasteiger partial charge on any atom is 0.129 e. The van der Waals surface area contributed by atoms with E-state index in [9.17, 15) is 0 Å². The number of pyridine rings is 1. The summed E-state index contributed by atoms with van der Waals surface area (Å²) in [6, 6.07) is 32.4. The van der Waals surface area contributed by atoms with Crippen molar-refractivity contribution in [3.05, 3.63) is 236 Å². The van der Waals surface area contributed by atoms with Crippen LogP contribution in [0, 0.1) is 132 Å². The van der Waals surface area contributed by atoms with Gasteiger partial charge in [-0.3, -0.25) is 15.0 Å². The number of nitrogens with zero attached hydrogens (tertiary/aromatic N) is 14. The van der Waals surface area contributed by atoms with Crippen molar-refractivity contribution >= 4 is 33.0 Å². The number of benzene rings is 2. The molecule has 0 fully saturated rings. The first-order valence-electron chi connectivity index (χ1n) is 33.7. The maximum atomic E-state index is 5.08. The van der Waals surface area contributed by atoms with Crippen LogP contribution in [-0.4, -0.2) is 69.8 Å². The SMILES string of the molecule is CC.CC.CC.CC.CC.CC.CC.CC.Cc1cc(C)ncn1.Cc1cc2ccccc2c(C)n1.Cc1ccc(C)o1.Cc1ccc(C)s1.Cc1ccnc(C)n1.Cc1ccnc(C)n1.Cc1cncc(C)n1.Cc1nc(C)c2ccccc2n1.Cc1nc(C)nc(C)n1. The first kappa shape index (κ1) is 97.6. The van der Waals surface area contributed by atoms with Crippen LogP contribution in [0.25, 0.3) is 21.7 Å². The minimum Gasteiger partial charge on any atom is -0.467 e. The molecular formula is C79H126N14OS. The van der Waals surface area contributed by atoms with E-state index in [1.165, 1.54) is 20.5 Å². The molecule has 0 saturated carbocycles. The van der Waals surface area contributed by atoms with Gasteiger partial charge >= 0.3 is 0 Å². The number of thiophene rings is 1. The van der Waals surface area contributed by atoms with Gasteiger partial charge in [0.25, 0.3) is 0 Å². The fourth-order valence-corrected chi connectivity index (χ4v) is 7.91. The van der Waals surface area contributed by atoms with Crippen LogP contribution in [0.5, 0.6) is 0 Å².